The Kier molecular flexibility index (Phi) is 44.9. The molecule has 1 aromatic carbocycles. The van der Waals surface area contributed by atoms with Crippen molar-refractivity contribution >= 4 is 97.5 Å². The number of carbonyl (C=O) groups excluding carboxylic acids is 3. The van der Waals surface area contributed by atoms with Crippen LogP contribution in [-0.4, -0.2) is 112 Å². The van der Waals surface area contributed by atoms with E-state index in [9.17, 15) is 14.4 Å². The molecule has 12 saturated carbocycles. The van der Waals surface area contributed by atoms with E-state index in [0.717, 1.165) is 5.56 Å². The SMILES string of the molecule is C1CCC([PH+](C2CCCCC2)C2CCCCC2)CC1.C1CCC([PH+](C2CCCCC2)C2CCCCC2)CC1.C1CCC([PH+](C2CCCCC2)C2CCCCC2)CC1.C1CCC([PH+](C2CCCCC2)C2CCCCC2)CC1.O=C(ON1C(=O)CCC1=O)c1ccc([CH]=[Ru]([Cl])[Cl])cc1.OCC[CH]=[Ru]([Cl])[Cl]. The summed E-state index contributed by atoms with van der Waals surface area (Å²) in [5.41, 5.74) is 15.8. The van der Waals surface area contributed by atoms with Gasteiger partial charge in [0.1, 0.15) is 0 Å². The van der Waals surface area contributed by atoms with E-state index in [-0.39, 0.29) is 56.7 Å². The van der Waals surface area contributed by atoms with Crippen LogP contribution in [0, 0.1) is 0 Å². The van der Waals surface area contributed by atoms with Crippen molar-refractivity contribution in [3.8, 4) is 0 Å². The molecule has 103 heavy (non-hydrogen) atoms. The second-order valence-corrected chi connectivity index (χ2v) is 60.2. The Bertz CT molecular complexity index is 2110. The molecule has 0 radical (unpaired) electrons. The van der Waals surface area contributed by atoms with Crippen LogP contribution < -0.4 is 0 Å². The van der Waals surface area contributed by atoms with E-state index in [1.54, 1.807) is 407 Å². The van der Waals surface area contributed by atoms with Crippen molar-refractivity contribution in [1.82, 2.24) is 5.06 Å². The zero-order valence-electron chi connectivity index (χ0n) is 64.9. The van der Waals surface area contributed by atoms with Crippen LogP contribution >= 0.6 is 70.5 Å². The number of rotatable bonds is 17. The summed E-state index contributed by atoms with van der Waals surface area (Å²) in [5.74, 6) is -1.77. The van der Waals surface area contributed by atoms with Crippen molar-refractivity contribution in [1.29, 1.82) is 0 Å². The average molecular weight is 1760 g/mol. The predicted octanol–water partition coefficient (Wildman–Crippen LogP) is 27.9. The number of halogens is 4. The average Bonchev–Trinajstić information content (AvgIpc) is 1.61. The predicted molar refractivity (Wildman–Crippen MR) is 455 cm³/mol. The van der Waals surface area contributed by atoms with Gasteiger partial charge in [0.25, 0.3) is 0 Å². The summed E-state index contributed by atoms with van der Waals surface area (Å²) < 4.78 is 3.50. The summed E-state index contributed by atoms with van der Waals surface area (Å²) in [6, 6.07) is 6.36. The van der Waals surface area contributed by atoms with Gasteiger partial charge in [0.2, 0.25) is 0 Å². The second-order valence-electron chi connectivity index (χ2n) is 34.8. The molecule has 1 N–H and O–H groups in total. The normalized spacial score (nSPS) is 25.0. The van der Waals surface area contributed by atoms with Crippen LogP contribution in [0.1, 0.15) is 420 Å². The van der Waals surface area contributed by atoms with Crippen LogP contribution in [0.15, 0.2) is 24.3 Å². The molecule has 1 aromatic rings. The summed E-state index contributed by atoms with van der Waals surface area (Å²) in [4.78, 5) is 39.2. The summed E-state index contributed by atoms with van der Waals surface area (Å²) in [6.45, 7) is 0.157. The number of amides is 2. The van der Waals surface area contributed by atoms with Gasteiger partial charge in [-0.3, -0.25) is 0 Å². The van der Waals surface area contributed by atoms with Crippen molar-refractivity contribution in [2.45, 2.75) is 472 Å². The number of carbonyl (C=O) groups is 3. The Morgan fingerprint density at radius 1 is 0.340 bits per heavy atom. The molecule has 1 saturated heterocycles. The van der Waals surface area contributed by atoms with E-state index in [2.05, 4.69) is 0 Å². The molecule has 0 aromatic heterocycles. The zero-order valence-corrected chi connectivity index (χ0v) is 75.4. The third kappa shape index (κ3) is 31.4. The molecular weight excluding hydrogens is 1610 g/mol. The van der Waals surface area contributed by atoms with E-state index in [1.165, 1.54) is 80.0 Å². The summed E-state index contributed by atoms with van der Waals surface area (Å²) >= 11 is -3.48. The van der Waals surface area contributed by atoms with Crippen LogP contribution in [0.4, 0.5) is 0 Å². The molecule has 0 atom stereocenters. The van der Waals surface area contributed by atoms with E-state index in [4.69, 9.17) is 48.7 Å². The van der Waals surface area contributed by atoms with Crippen molar-refractivity contribution in [2.24, 2.45) is 0 Å². The number of benzene rings is 1. The van der Waals surface area contributed by atoms with Crippen molar-refractivity contribution in [2.75, 3.05) is 6.61 Å². The van der Waals surface area contributed by atoms with Gasteiger partial charge in [-0.15, -0.1) is 0 Å². The number of aliphatic hydroxyl groups excluding tert-OH is 1. The molecule has 594 valence electrons. The Morgan fingerprint density at radius 3 is 0.689 bits per heavy atom. The zero-order chi connectivity index (χ0) is 72.1. The van der Waals surface area contributed by atoms with Crippen molar-refractivity contribution in [3.63, 3.8) is 0 Å². The minimum absolute atomic E-state index is 0.0465. The van der Waals surface area contributed by atoms with Crippen LogP contribution in [0.2, 0.25) is 0 Å². The Labute approximate surface area is 662 Å². The molecule has 13 fully saturated rings. The van der Waals surface area contributed by atoms with E-state index >= 15 is 0 Å². The second kappa shape index (κ2) is 52.2. The maximum atomic E-state index is 11.8. The fourth-order valence-electron chi connectivity index (χ4n) is 22.9. The summed E-state index contributed by atoms with van der Waals surface area (Å²) in [7, 11) is 22.1. The third-order valence-electron chi connectivity index (χ3n) is 27.8. The molecule has 14 rings (SSSR count). The van der Waals surface area contributed by atoms with Gasteiger partial charge in [-0.1, -0.05) is 77.0 Å². The number of imide groups is 1. The number of hydroxylamine groups is 2. The maximum absolute atomic E-state index is 11.8. The topological polar surface area (TPSA) is 83.9 Å². The quantitative estimate of drug-likeness (QED) is 0.0954. The summed E-state index contributed by atoms with van der Waals surface area (Å²) in [5, 5.41) is 8.71. The molecule has 16 heteroatoms. The van der Waals surface area contributed by atoms with Gasteiger partial charge in [0, 0.05) is 31.7 Å². The van der Waals surface area contributed by atoms with Gasteiger partial charge >= 0.3 is 183 Å². The molecule has 0 bridgehead atoms. The van der Waals surface area contributed by atoms with Gasteiger partial charge in [0.15, 0.2) is 0 Å². The Hall–Kier alpha value is 1.66. The Morgan fingerprint density at radius 2 is 0.534 bits per heavy atom. The number of hydrogen-bond acceptors (Lipinski definition) is 5. The first-order chi connectivity index (χ1) is 50.5. The number of nitrogens with zero attached hydrogens (tertiary/aromatic N) is 1. The summed E-state index contributed by atoms with van der Waals surface area (Å²) in [6.07, 6.45) is 95.9. The van der Waals surface area contributed by atoms with Gasteiger partial charge in [-0.2, -0.15) is 0 Å². The molecule has 0 spiro atoms. The van der Waals surface area contributed by atoms with Gasteiger partial charge in [0.05, 0.1) is 67.9 Å². The van der Waals surface area contributed by atoms with Crippen LogP contribution in [0.25, 0.3) is 0 Å². The van der Waals surface area contributed by atoms with Gasteiger partial charge in [-0.05, 0) is 308 Å². The minimum atomic E-state index is -1.91. The first-order valence-electron chi connectivity index (χ1n) is 44.4. The molecule has 6 nitrogen and oxygen atoms in total. The monoisotopic (exact) mass is 1760 g/mol. The van der Waals surface area contributed by atoms with E-state index < -0.39 is 44.8 Å². The fraction of sp³-hybridized carbons (Fsp3) is 0.874. The molecule has 12 aliphatic carbocycles. The van der Waals surface area contributed by atoms with E-state index in [1.807, 2.05) is 0 Å². The molecule has 1 aliphatic heterocycles. The molecule has 0 unspecified atom stereocenters. The first-order valence-corrected chi connectivity index (χ1v) is 62.3. The molecule has 1 heterocycles. The molecular formula is C87H151Cl4NO5P4Ru2+4. The van der Waals surface area contributed by atoms with Crippen LogP contribution in [0.3, 0.4) is 0 Å². The van der Waals surface area contributed by atoms with Crippen LogP contribution in [0.5, 0.6) is 0 Å². The number of aliphatic hydroxyl groups is 1. The number of hydrogen-bond donors (Lipinski definition) is 1. The van der Waals surface area contributed by atoms with Gasteiger partial charge in [-0.25, -0.2) is 0 Å². The van der Waals surface area contributed by atoms with Crippen molar-refractivity contribution < 1.29 is 51.4 Å². The molecule has 13 aliphatic rings. The third-order valence-corrected chi connectivity index (χ3v) is 50.2. The first kappa shape index (κ1) is 88.6. The van der Waals surface area contributed by atoms with Gasteiger partial charge < -0.3 is 0 Å². The molecule has 2 amide bonds. The van der Waals surface area contributed by atoms with Crippen molar-refractivity contribution in [3.05, 3.63) is 35.4 Å². The fourth-order valence-corrected chi connectivity index (χ4v) is 47.2. The van der Waals surface area contributed by atoms with E-state index in [0.29, 0.717) is 11.5 Å². The van der Waals surface area contributed by atoms with Crippen LogP contribution in [-0.2, 0) is 41.5 Å². The standard InChI is InChI=1S/4C18H33P.C12H9NO4.C3H6O.4ClH.2Ru/c4*1-4-10-16(11-5-1)19(17-12-6-2-7-13-17)18-14-8-3-9-15-18;1-8-2-4-9(5-3-8)12(16)17-13-10(14)6-7-11(13)15;1-2-3-4;;;;;;/h4*16-18H,1-15H2;1-5H,6-7H2;1,4H,2-3H2;4*1H;;/q;;;;;;;;;;2*+2. The Balaban J connectivity index is 0.000000146.